The number of benzene rings is 1. The van der Waals surface area contributed by atoms with Crippen molar-refractivity contribution in [1.29, 1.82) is 0 Å². The van der Waals surface area contributed by atoms with Crippen LogP contribution in [0.1, 0.15) is 0 Å². The highest BCUT2D eigenvalue weighted by molar-refractivity contribution is 6.37. The minimum atomic E-state index is -4.82. The monoisotopic (exact) mass is 246 g/mol. The Morgan fingerprint density at radius 1 is 1.14 bits per heavy atom. The number of ether oxygens (including phenoxy) is 1. The van der Waals surface area contributed by atoms with E-state index in [9.17, 15) is 13.2 Å². The van der Waals surface area contributed by atoms with Crippen molar-refractivity contribution in [1.82, 2.24) is 0 Å². The molecule has 0 radical (unpaired) electrons. The summed E-state index contributed by atoms with van der Waals surface area (Å²) >= 11 is 10.7. The lowest BCUT2D eigenvalue weighted by Gasteiger charge is -2.10. The molecule has 0 spiro atoms. The Bertz CT molecular complexity index is 328. The van der Waals surface area contributed by atoms with E-state index >= 15 is 0 Å². The highest BCUT2D eigenvalue weighted by Gasteiger charge is 2.31. The first kappa shape index (κ1) is 11.3. The number of halogens is 5. The minimum Gasteiger partial charge on any atom is -0.505 e. The Kier molecular flexibility index (Phi) is 3.01. The molecule has 0 saturated heterocycles. The summed E-state index contributed by atoms with van der Waals surface area (Å²) in [6, 6.07) is 1.63. The van der Waals surface area contributed by atoms with E-state index in [0.717, 1.165) is 12.1 Å². The second-order valence-electron chi connectivity index (χ2n) is 2.28. The largest absolute Gasteiger partial charge is 0.573 e. The number of alkyl halides is 3. The molecule has 1 aromatic carbocycles. The van der Waals surface area contributed by atoms with Gasteiger partial charge in [-0.1, -0.05) is 23.2 Å². The summed E-state index contributed by atoms with van der Waals surface area (Å²) in [5.74, 6) is -1.06. The summed E-state index contributed by atoms with van der Waals surface area (Å²) in [6.45, 7) is 0. The molecule has 7 heteroatoms. The highest BCUT2D eigenvalue weighted by Crippen LogP contribution is 2.37. The quantitative estimate of drug-likeness (QED) is 0.821. The summed E-state index contributed by atoms with van der Waals surface area (Å²) < 4.78 is 38.7. The van der Waals surface area contributed by atoms with Gasteiger partial charge in [0.1, 0.15) is 5.75 Å². The molecule has 0 aliphatic rings. The van der Waals surface area contributed by atoms with E-state index in [1.807, 2.05) is 0 Å². The fourth-order valence-corrected chi connectivity index (χ4v) is 1.20. The molecular formula is C7H3Cl2F3O2. The molecule has 0 aliphatic heterocycles. The lowest BCUT2D eigenvalue weighted by molar-refractivity contribution is -0.274. The maximum Gasteiger partial charge on any atom is 0.573 e. The zero-order valence-corrected chi connectivity index (χ0v) is 7.91. The maximum atomic E-state index is 11.7. The standard InChI is InChI=1S/C7H3Cl2F3O2/c8-4-1-3(14-7(10,11)12)2-5(9)6(4)13/h1-2,13H. The SMILES string of the molecule is Oc1c(Cl)cc(OC(F)(F)F)cc1Cl. The second kappa shape index (κ2) is 3.74. The molecular weight excluding hydrogens is 244 g/mol. The van der Waals surface area contributed by atoms with E-state index in [2.05, 4.69) is 4.74 Å². The average molecular weight is 247 g/mol. The van der Waals surface area contributed by atoms with Gasteiger partial charge in [0.15, 0.2) is 5.75 Å². The molecule has 0 aliphatic carbocycles. The van der Waals surface area contributed by atoms with E-state index in [1.165, 1.54) is 0 Å². The molecule has 0 fully saturated rings. The smallest absolute Gasteiger partial charge is 0.505 e. The van der Waals surface area contributed by atoms with Gasteiger partial charge in [-0.05, 0) is 0 Å². The van der Waals surface area contributed by atoms with Crippen LogP contribution < -0.4 is 4.74 Å². The van der Waals surface area contributed by atoms with E-state index in [0.29, 0.717) is 0 Å². The number of aromatic hydroxyl groups is 1. The van der Waals surface area contributed by atoms with Crippen LogP contribution in [0.3, 0.4) is 0 Å². The van der Waals surface area contributed by atoms with Gasteiger partial charge in [0.25, 0.3) is 0 Å². The summed E-state index contributed by atoms with van der Waals surface area (Å²) in [5.41, 5.74) is 0. The Morgan fingerprint density at radius 3 is 1.93 bits per heavy atom. The van der Waals surface area contributed by atoms with Crippen LogP contribution in [-0.4, -0.2) is 11.5 Å². The molecule has 1 aromatic rings. The van der Waals surface area contributed by atoms with Gasteiger partial charge < -0.3 is 9.84 Å². The maximum absolute atomic E-state index is 11.7. The first-order valence-corrected chi connectivity index (χ1v) is 3.99. The van der Waals surface area contributed by atoms with Crippen molar-refractivity contribution in [3.05, 3.63) is 22.2 Å². The molecule has 0 heterocycles. The van der Waals surface area contributed by atoms with Gasteiger partial charge in [0.2, 0.25) is 0 Å². The third kappa shape index (κ3) is 2.85. The van der Waals surface area contributed by atoms with Crippen molar-refractivity contribution >= 4 is 23.2 Å². The molecule has 78 valence electrons. The Balaban J connectivity index is 3.02. The van der Waals surface area contributed by atoms with E-state index in [-0.39, 0.29) is 10.0 Å². The molecule has 1 rings (SSSR count). The molecule has 0 unspecified atom stereocenters. The zero-order valence-electron chi connectivity index (χ0n) is 6.40. The first-order valence-electron chi connectivity index (χ1n) is 3.23. The number of phenolic OH excluding ortho intramolecular Hbond substituents is 1. The van der Waals surface area contributed by atoms with Gasteiger partial charge in [0, 0.05) is 12.1 Å². The van der Waals surface area contributed by atoms with Crippen molar-refractivity contribution in [3.63, 3.8) is 0 Å². The predicted molar refractivity (Wildman–Crippen MR) is 44.8 cm³/mol. The Labute approximate surface area is 86.8 Å². The first-order chi connectivity index (χ1) is 6.29. The molecule has 1 N–H and O–H groups in total. The summed E-state index contributed by atoms with van der Waals surface area (Å²) in [6.07, 6.45) is -4.82. The fourth-order valence-electron chi connectivity index (χ4n) is 0.735. The molecule has 2 nitrogen and oxygen atoms in total. The molecule has 0 amide bonds. The Morgan fingerprint density at radius 2 is 1.57 bits per heavy atom. The van der Waals surface area contributed by atoms with Gasteiger partial charge >= 0.3 is 6.36 Å². The van der Waals surface area contributed by atoms with E-state index in [1.54, 1.807) is 0 Å². The van der Waals surface area contributed by atoms with Crippen LogP contribution in [0.2, 0.25) is 10.0 Å². The molecule has 14 heavy (non-hydrogen) atoms. The summed E-state index contributed by atoms with van der Waals surface area (Å²) in [7, 11) is 0. The van der Waals surface area contributed by atoms with Crippen LogP contribution in [0.25, 0.3) is 0 Å². The minimum absolute atomic E-state index is 0.309. The van der Waals surface area contributed by atoms with Crippen LogP contribution in [0.15, 0.2) is 12.1 Å². The molecule has 0 atom stereocenters. The van der Waals surface area contributed by atoms with Crippen LogP contribution >= 0.6 is 23.2 Å². The van der Waals surface area contributed by atoms with Crippen molar-refractivity contribution in [2.75, 3.05) is 0 Å². The fraction of sp³-hybridized carbons (Fsp3) is 0.143. The average Bonchev–Trinajstić information content (AvgIpc) is 1.96. The van der Waals surface area contributed by atoms with E-state index in [4.69, 9.17) is 28.3 Å². The van der Waals surface area contributed by atoms with Crippen LogP contribution in [0.4, 0.5) is 13.2 Å². The molecule has 0 bridgehead atoms. The van der Waals surface area contributed by atoms with Crippen molar-refractivity contribution in [2.45, 2.75) is 6.36 Å². The van der Waals surface area contributed by atoms with Gasteiger partial charge in [-0.3, -0.25) is 0 Å². The van der Waals surface area contributed by atoms with Gasteiger partial charge in [0.05, 0.1) is 10.0 Å². The number of rotatable bonds is 1. The van der Waals surface area contributed by atoms with Gasteiger partial charge in [-0.25, -0.2) is 0 Å². The lowest BCUT2D eigenvalue weighted by atomic mass is 10.3. The lowest BCUT2D eigenvalue weighted by Crippen LogP contribution is -2.17. The number of phenols is 1. The predicted octanol–water partition coefficient (Wildman–Crippen LogP) is 3.60. The van der Waals surface area contributed by atoms with Crippen LogP contribution in [-0.2, 0) is 0 Å². The summed E-state index contributed by atoms with van der Waals surface area (Å²) in [5, 5.41) is 8.41. The second-order valence-corrected chi connectivity index (χ2v) is 3.10. The third-order valence-corrected chi connectivity index (χ3v) is 1.80. The van der Waals surface area contributed by atoms with Gasteiger partial charge in [-0.2, -0.15) is 0 Å². The van der Waals surface area contributed by atoms with Crippen molar-refractivity contribution in [3.8, 4) is 11.5 Å². The van der Waals surface area contributed by atoms with Gasteiger partial charge in [-0.15, -0.1) is 13.2 Å². The van der Waals surface area contributed by atoms with Crippen molar-refractivity contribution in [2.24, 2.45) is 0 Å². The summed E-state index contributed by atoms with van der Waals surface area (Å²) in [4.78, 5) is 0. The normalized spacial score (nSPS) is 11.5. The van der Waals surface area contributed by atoms with Crippen LogP contribution in [0.5, 0.6) is 11.5 Å². The van der Waals surface area contributed by atoms with Crippen LogP contribution in [0, 0.1) is 0 Å². The molecule has 0 aromatic heterocycles. The van der Waals surface area contributed by atoms with Crippen molar-refractivity contribution < 1.29 is 23.0 Å². The van der Waals surface area contributed by atoms with E-state index < -0.39 is 17.9 Å². The third-order valence-electron chi connectivity index (χ3n) is 1.22. The topological polar surface area (TPSA) is 29.5 Å². The number of hydrogen-bond donors (Lipinski definition) is 1. The Hall–Kier alpha value is -0.810. The number of hydrogen-bond acceptors (Lipinski definition) is 2. The highest BCUT2D eigenvalue weighted by atomic mass is 35.5. The zero-order chi connectivity index (χ0) is 10.9. The molecule has 0 saturated carbocycles.